The summed E-state index contributed by atoms with van der Waals surface area (Å²) in [5, 5.41) is 3.13. The number of hydrogen-bond donors (Lipinski definition) is 1. The molecular formula is C13H25N3O3. The minimum atomic E-state index is -0.390. The van der Waals surface area contributed by atoms with Crippen molar-refractivity contribution < 1.29 is 14.3 Å². The van der Waals surface area contributed by atoms with Gasteiger partial charge < -0.3 is 19.9 Å². The van der Waals surface area contributed by atoms with Gasteiger partial charge in [0.1, 0.15) is 0 Å². The maximum Gasteiger partial charge on any atom is 0.240 e. The molecule has 0 radical (unpaired) electrons. The van der Waals surface area contributed by atoms with Crippen molar-refractivity contribution in [1.29, 1.82) is 0 Å². The monoisotopic (exact) mass is 271 g/mol. The minimum Gasteiger partial charge on any atom is -0.383 e. The van der Waals surface area contributed by atoms with Gasteiger partial charge in [-0.15, -0.1) is 0 Å². The van der Waals surface area contributed by atoms with Crippen molar-refractivity contribution in [3.8, 4) is 0 Å². The number of rotatable bonds is 7. The summed E-state index contributed by atoms with van der Waals surface area (Å²) >= 11 is 0. The van der Waals surface area contributed by atoms with E-state index in [9.17, 15) is 9.59 Å². The number of nitrogens with zero attached hydrogens (tertiary/aromatic N) is 2. The van der Waals surface area contributed by atoms with Crippen LogP contribution in [0.5, 0.6) is 0 Å². The topological polar surface area (TPSA) is 61.9 Å². The number of amides is 2. The Bertz CT molecular complexity index is 306. The Labute approximate surface area is 115 Å². The number of hydrogen-bond acceptors (Lipinski definition) is 4. The van der Waals surface area contributed by atoms with Crippen LogP contribution in [0.1, 0.15) is 20.3 Å². The summed E-state index contributed by atoms with van der Waals surface area (Å²) in [5.74, 6) is 0.0354. The smallest absolute Gasteiger partial charge is 0.240 e. The number of carbonyl (C=O) groups is 2. The van der Waals surface area contributed by atoms with Gasteiger partial charge in [-0.3, -0.25) is 9.59 Å². The van der Waals surface area contributed by atoms with Crippen molar-refractivity contribution in [1.82, 2.24) is 15.1 Å². The van der Waals surface area contributed by atoms with Gasteiger partial charge in [-0.1, -0.05) is 0 Å². The first-order valence-corrected chi connectivity index (χ1v) is 6.92. The van der Waals surface area contributed by atoms with E-state index in [2.05, 4.69) is 5.32 Å². The van der Waals surface area contributed by atoms with Gasteiger partial charge in [-0.2, -0.15) is 0 Å². The Morgan fingerprint density at radius 1 is 1.47 bits per heavy atom. The molecule has 1 aliphatic rings. The van der Waals surface area contributed by atoms with Crippen molar-refractivity contribution in [3.05, 3.63) is 0 Å². The lowest BCUT2D eigenvalue weighted by Crippen LogP contribution is -2.57. The number of nitrogens with one attached hydrogen (secondary N) is 1. The van der Waals surface area contributed by atoms with Crippen LogP contribution in [0.4, 0.5) is 0 Å². The summed E-state index contributed by atoms with van der Waals surface area (Å²) in [5.41, 5.74) is 0. The van der Waals surface area contributed by atoms with E-state index in [4.69, 9.17) is 4.74 Å². The van der Waals surface area contributed by atoms with E-state index in [-0.39, 0.29) is 18.2 Å². The Morgan fingerprint density at radius 2 is 2.16 bits per heavy atom. The highest BCUT2D eigenvalue weighted by atomic mass is 16.5. The molecule has 1 atom stereocenters. The molecule has 1 rings (SSSR count). The molecule has 1 heterocycles. The summed E-state index contributed by atoms with van der Waals surface area (Å²) in [6.45, 7) is 7.79. The molecule has 0 aromatic carbocycles. The van der Waals surface area contributed by atoms with E-state index in [1.54, 1.807) is 16.9 Å². The molecule has 0 aromatic heterocycles. The van der Waals surface area contributed by atoms with Gasteiger partial charge in [0.25, 0.3) is 0 Å². The first-order chi connectivity index (χ1) is 9.13. The van der Waals surface area contributed by atoms with Crippen molar-refractivity contribution >= 4 is 11.8 Å². The standard InChI is InChI=1S/C13H25N3O3/c1-4-15(5-2)12(17)10-11-13(18)16(7-6-14-11)8-9-19-3/h11,14H,4-10H2,1-3H3. The third-order valence-electron chi connectivity index (χ3n) is 3.44. The lowest BCUT2D eigenvalue weighted by molar-refractivity contribution is -0.141. The molecule has 1 fully saturated rings. The fraction of sp³-hybridized carbons (Fsp3) is 0.846. The van der Waals surface area contributed by atoms with E-state index in [0.717, 1.165) is 6.54 Å². The Hall–Kier alpha value is -1.14. The molecular weight excluding hydrogens is 246 g/mol. The molecule has 0 aliphatic carbocycles. The third-order valence-corrected chi connectivity index (χ3v) is 3.44. The Kier molecular flexibility index (Phi) is 6.80. The maximum atomic E-state index is 12.2. The zero-order valence-electron chi connectivity index (χ0n) is 12.1. The highest BCUT2D eigenvalue weighted by molar-refractivity contribution is 5.88. The number of piperazine rings is 1. The van der Waals surface area contributed by atoms with Crippen LogP contribution in [0.2, 0.25) is 0 Å². The van der Waals surface area contributed by atoms with Gasteiger partial charge >= 0.3 is 0 Å². The molecule has 6 heteroatoms. The van der Waals surface area contributed by atoms with E-state index in [0.29, 0.717) is 32.8 Å². The second-order valence-electron chi connectivity index (χ2n) is 4.59. The van der Waals surface area contributed by atoms with Crippen molar-refractivity contribution in [2.24, 2.45) is 0 Å². The largest absolute Gasteiger partial charge is 0.383 e. The summed E-state index contributed by atoms with van der Waals surface area (Å²) in [4.78, 5) is 27.8. The lowest BCUT2D eigenvalue weighted by Gasteiger charge is -2.33. The van der Waals surface area contributed by atoms with Crippen LogP contribution < -0.4 is 5.32 Å². The molecule has 6 nitrogen and oxygen atoms in total. The van der Waals surface area contributed by atoms with Gasteiger partial charge in [0, 0.05) is 39.8 Å². The zero-order valence-corrected chi connectivity index (χ0v) is 12.1. The summed E-state index contributed by atoms with van der Waals surface area (Å²) in [6, 6.07) is -0.390. The molecule has 1 N–H and O–H groups in total. The summed E-state index contributed by atoms with van der Waals surface area (Å²) in [7, 11) is 1.62. The summed E-state index contributed by atoms with van der Waals surface area (Å²) in [6.07, 6.45) is 0.240. The van der Waals surface area contributed by atoms with Crippen molar-refractivity contribution in [3.63, 3.8) is 0 Å². The van der Waals surface area contributed by atoms with Crippen molar-refractivity contribution in [2.75, 3.05) is 46.4 Å². The van der Waals surface area contributed by atoms with Gasteiger partial charge in [0.15, 0.2) is 0 Å². The van der Waals surface area contributed by atoms with Crippen LogP contribution in [-0.4, -0.2) is 74.1 Å². The predicted octanol–water partition coefficient (Wildman–Crippen LogP) is -0.308. The molecule has 0 aromatic rings. The number of methoxy groups -OCH3 is 1. The second-order valence-corrected chi connectivity index (χ2v) is 4.59. The van der Waals surface area contributed by atoms with Crippen LogP contribution in [0.15, 0.2) is 0 Å². The van der Waals surface area contributed by atoms with Crippen LogP contribution in [0.3, 0.4) is 0 Å². The first kappa shape index (κ1) is 15.9. The molecule has 110 valence electrons. The Balaban J connectivity index is 2.53. The molecule has 0 bridgehead atoms. The van der Waals surface area contributed by atoms with Crippen LogP contribution in [-0.2, 0) is 14.3 Å². The quantitative estimate of drug-likeness (QED) is 0.690. The van der Waals surface area contributed by atoms with Crippen LogP contribution in [0.25, 0.3) is 0 Å². The number of ether oxygens (including phenoxy) is 1. The Morgan fingerprint density at radius 3 is 2.74 bits per heavy atom. The molecule has 19 heavy (non-hydrogen) atoms. The molecule has 1 aliphatic heterocycles. The van der Waals surface area contributed by atoms with E-state index in [1.807, 2.05) is 13.8 Å². The molecule has 2 amide bonds. The minimum absolute atomic E-state index is 0.00352. The highest BCUT2D eigenvalue weighted by Gasteiger charge is 2.30. The van der Waals surface area contributed by atoms with Gasteiger partial charge in [0.2, 0.25) is 11.8 Å². The van der Waals surface area contributed by atoms with Gasteiger partial charge in [0.05, 0.1) is 19.1 Å². The second kappa shape index (κ2) is 8.12. The summed E-state index contributed by atoms with van der Waals surface area (Å²) < 4.78 is 4.99. The van der Waals surface area contributed by atoms with Gasteiger partial charge in [-0.05, 0) is 13.8 Å². The first-order valence-electron chi connectivity index (χ1n) is 6.92. The fourth-order valence-electron chi connectivity index (χ4n) is 2.25. The zero-order chi connectivity index (χ0) is 14.3. The van der Waals surface area contributed by atoms with Gasteiger partial charge in [-0.25, -0.2) is 0 Å². The molecule has 0 saturated carbocycles. The van der Waals surface area contributed by atoms with Crippen molar-refractivity contribution in [2.45, 2.75) is 26.3 Å². The van der Waals surface area contributed by atoms with Crippen LogP contribution >= 0.6 is 0 Å². The molecule has 0 spiro atoms. The highest BCUT2D eigenvalue weighted by Crippen LogP contribution is 2.07. The third kappa shape index (κ3) is 4.47. The number of carbonyl (C=O) groups excluding carboxylic acids is 2. The van der Waals surface area contributed by atoms with Crippen LogP contribution in [0, 0.1) is 0 Å². The predicted molar refractivity (Wildman–Crippen MR) is 72.8 cm³/mol. The molecule has 1 unspecified atom stereocenters. The van der Waals surface area contributed by atoms with E-state index >= 15 is 0 Å². The van der Waals surface area contributed by atoms with E-state index < -0.39 is 6.04 Å². The normalized spacial score (nSPS) is 19.6. The fourth-order valence-corrected chi connectivity index (χ4v) is 2.25. The lowest BCUT2D eigenvalue weighted by atomic mass is 10.1. The SMILES string of the molecule is CCN(CC)C(=O)CC1NCCN(CCOC)C1=O. The molecule has 1 saturated heterocycles. The van der Waals surface area contributed by atoms with E-state index in [1.165, 1.54) is 0 Å². The average Bonchev–Trinajstić information content (AvgIpc) is 2.41. The maximum absolute atomic E-state index is 12.2. The average molecular weight is 271 g/mol.